The van der Waals surface area contributed by atoms with Crippen LogP contribution in [0.25, 0.3) is 0 Å². The number of nitrogens with zero attached hydrogens (tertiary/aromatic N) is 3. The van der Waals surface area contributed by atoms with Gasteiger partial charge in [0.05, 0.1) is 5.84 Å². The van der Waals surface area contributed by atoms with Crippen LogP contribution in [-0.2, 0) is 0 Å². The molecule has 0 aliphatic heterocycles. The number of nitrogens with one attached hydrogen (secondary N) is 2. The van der Waals surface area contributed by atoms with E-state index in [1.807, 2.05) is 33.8 Å². The number of rotatable bonds is 3. The van der Waals surface area contributed by atoms with Crippen LogP contribution in [0, 0.1) is 11.3 Å². The Balaban J connectivity index is 0. The van der Waals surface area contributed by atoms with Crippen LogP contribution < -0.4 is 11.3 Å². The maximum absolute atomic E-state index is 10.7. The van der Waals surface area contributed by atoms with Crippen molar-refractivity contribution < 1.29 is 0 Å². The molecule has 2 aromatic rings. The lowest BCUT2D eigenvalue weighted by Crippen LogP contribution is -2.16. The molecule has 0 unspecified atom stereocenters. The first-order valence-corrected chi connectivity index (χ1v) is 9.21. The average molecular weight is 462 g/mol. The maximum Gasteiger partial charge on any atom is 0.250 e. The van der Waals surface area contributed by atoms with E-state index in [-0.39, 0.29) is 35.6 Å². The zero-order valence-corrected chi connectivity index (χ0v) is 19.1. The van der Waals surface area contributed by atoms with Gasteiger partial charge in [0.2, 0.25) is 0 Å². The topological polar surface area (TPSA) is 121 Å². The molecule has 2 aromatic heterocycles. The van der Waals surface area contributed by atoms with Crippen molar-refractivity contribution in [2.75, 3.05) is 0 Å². The molecule has 2 rings (SSSR count). The van der Waals surface area contributed by atoms with Gasteiger partial charge >= 0.3 is 0 Å². The Kier molecular flexibility index (Phi) is 14.5. The van der Waals surface area contributed by atoms with Crippen LogP contribution in [0.3, 0.4) is 0 Å². The zero-order valence-electron chi connectivity index (χ0n) is 16.7. The molecule has 0 fully saturated rings. The number of H-pyrrole nitrogens is 1. The van der Waals surface area contributed by atoms with Crippen LogP contribution in [0.1, 0.15) is 65.0 Å². The highest BCUT2D eigenvalue weighted by molar-refractivity contribution is 9.10. The molecule has 0 aliphatic rings. The minimum atomic E-state index is -0.0845. The first-order chi connectivity index (χ1) is 12.0. The fourth-order valence-corrected chi connectivity index (χ4v) is 1.61. The monoisotopic (exact) mass is 460 g/mol. The van der Waals surface area contributed by atoms with E-state index in [1.54, 1.807) is 6.20 Å². The van der Waals surface area contributed by atoms with E-state index >= 15 is 0 Å². The summed E-state index contributed by atoms with van der Waals surface area (Å²) < 4.78 is 0.853. The number of halogens is 2. The van der Waals surface area contributed by atoms with Gasteiger partial charge in [-0.3, -0.25) is 10.2 Å². The number of amidine groups is 1. The van der Waals surface area contributed by atoms with Crippen molar-refractivity contribution in [1.82, 2.24) is 19.9 Å². The molecule has 0 spiro atoms. The van der Waals surface area contributed by atoms with Gasteiger partial charge in [-0.1, -0.05) is 41.5 Å². The second-order valence-electron chi connectivity index (χ2n) is 6.48. The summed E-state index contributed by atoms with van der Waals surface area (Å²) in [5.41, 5.74) is 4.93. The first-order valence-electron chi connectivity index (χ1n) is 8.42. The molecule has 0 aliphatic carbocycles. The maximum atomic E-state index is 10.7. The number of nitrogens with two attached hydrogens (primary N) is 1. The predicted octanol–water partition coefficient (Wildman–Crippen LogP) is 4.26. The average Bonchev–Trinajstić information content (AvgIpc) is 2.56. The Morgan fingerprint density at radius 3 is 1.89 bits per heavy atom. The Hall–Kier alpha value is -1.80. The van der Waals surface area contributed by atoms with Gasteiger partial charge in [-0.05, 0) is 22.0 Å². The van der Waals surface area contributed by atoms with Crippen LogP contribution in [0.15, 0.2) is 33.9 Å². The van der Waals surface area contributed by atoms with Crippen molar-refractivity contribution in [2.45, 2.75) is 53.4 Å². The fourth-order valence-electron chi connectivity index (χ4n) is 1.31. The summed E-state index contributed by atoms with van der Waals surface area (Å²) in [6.45, 7) is 11.9. The summed E-state index contributed by atoms with van der Waals surface area (Å²) in [5, 5.41) is 6.73. The third-order valence-electron chi connectivity index (χ3n) is 3.02. The number of aromatic nitrogens is 4. The molecule has 0 amide bonds. The van der Waals surface area contributed by atoms with Crippen molar-refractivity contribution in [3.05, 3.63) is 51.1 Å². The highest BCUT2D eigenvalue weighted by Crippen LogP contribution is 2.10. The van der Waals surface area contributed by atoms with Crippen LogP contribution in [0.5, 0.6) is 0 Å². The Morgan fingerprint density at radius 1 is 1.07 bits per heavy atom. The highest BCUT2D eigenvalue weighted by Gasteiger charge is 2.00. The molecule has 0 bridgehead atoms. The summed E-state index contributed by atoms with van der Waals surface area (Å²) >= 11 is 3.28. The molecule has 9 heteroatoms. The van der Waals surface area contributed by atoms with Gasteiger partial charge in [-0.2, -0.15) is 0 Å². The van der Waals surface area contributed by atoms with Crippen LogP contribution in [0.4, 0.5) is 0 Å². The normalized spacial score (nSPS) is 9.70. The number of aromatic amines is 1. The molecule has 152 valence electrons. The lowest BCUT2D eigenvalue weighted by atomic mass is 10.2. The highest BCUT2D eigenvalue weighted by atomic mass is 79.9. The number of hydrogen-bond acceptors (Lipinski definition) is 5. The van der Waals surface area contributed by atoms with Crippen LogP contribution in [0.2, 0.25) is 0 Å². The molecule has 2 heterocycles. The number of hydrogen-bond donors (Lipinski definition) is 3. The molecule has 0 radical (unpaired) electrons. The Bertz CT molecular complexity index is 734. The third kappa shape index (κ3) is 13.1. The molecule has 0 atom stereocenters. The fraction of sp³-hybridized carbons (Fsp3) is 0.500. The van der Waals surface area contributed by atoms with Gasteiger partial charge in [0.25, 0.3) is 5.56 Å². The quantitative estimate of drug-likeness (QED) is 0.358. The summed E-state index contributed by atoms with van der Waals surface area (Å²) in [5.74, 6) is 2.79. The van der Waals surface area contributed by atoms with Crippen molar-refractivity contribution in [2.24, 2.45) is 11.7 Å². The van der Waals surface area contributed by atoms with Crippen molar-refractivity contribution in [3.63, 3.8) is 0 Å². The SMILES string of the molecule is CC(C)C(=N)N.CC(C)c1nccc(=O)[nH]1.CC(C)c1nccc(Br)n1.Cl. The molecular formula is C18H30BrClN6O. The molecule has 4 N–H and O–H groups in total. The molecule has 7 nitrogen and oxygen atoms in total. The van der Waals surface area contributed by atoms with Crippen molar-refractivity contribution in [3.8, 4) is 0 Å². The van der Waals surface area contributed by atoms with E-state index in [2.05, 4.69) is 49.7 Å². The van der Waals surface area contributed by atoms with Gasteiger partial charge in [-0.15, -0.1) is 12.4 Å². The van der Waals surface area contributed by atoms with Gasteiger partial charge < -0.3 is 10.7 Å². The standard InChI is InChI=1S/C7H9BrN2.C7H10N2O.C4H10N2.ClH/c1-5(2)7-9-4-3-6(8)10-7;1-5(2)7-8-4-3-6(10)9-7;1-3(2)4(5)6;/h3-5H,1-2H3;3-5H,1-2H3,(H,8,9,10);3H,1-2H3,(H3,5,6);1H. The summed E-state index contributed by atoms with van der Waals surface area (Å²) in [4.78, 5) is 25.6. The zero-order chi connectivity index (χ0) is 20.3. The summed E-state index contributed by atoms with van der Waals surface area (Å²) in [6, 6.07) is 3.23. The van der Waals surface area contributed by atoms with Crippen molar-refractivity contribution in [1.29, 1.82) is 5.41 Å². The Labute approximate surface area is 175 Å². The molecule has 0 saturated heterocycles. The molecule has 0 aromatic carbocycles. The summed E-state index contributed by atoms with van der Waals surface area (Å²) in [6.07, 6.45) is 3.28. The largest absolute Gasteiger partial charge is 0.387 e. The van der Waals surface area contributed by atoms with E-state index in [1.165, 1.54) is 12.3 Å². The van der Waals surface area contributed by atoms with Crippen LogP contribution >= 0.6 is 28.3 Å². The Morgan fingerprint density at radius 2 is 1.59 bits per heavy atom. The van der Waals surface area contributed by atoms with Gasteiger partial charge in [0.1, 0.15) is 16.3 Å². The second kappa shape index (κ2) is 14.3. The van der Waals surface area contributed by atoms with Crippen molar-refractivity contribution >= 4 is 34.2 Å². The second-order valence-corrected chi connectivity index (χ2v) is 7.29. The van der Waals surface area contributed by atoms with E-state index in [0.29, 0.717) is 5.92 Å². The van der Waals surface area contributed by atoms with Gasteiger partial charge in [-0.25, -0.2) is 15.0 Å². The molecule has 0 saturated carbocycles. The first kappa shape index (κ1) is 27.4. The molecular weight excluding hydrogens is 432 g/mol. The van der Waals surface area contributed by atoms with E-state index in [4.69, 9.17) is 11.1 Å². The smallest absolute Gasteiger partial charge is 0.250 e. The van der Waals surface area contributed by atoms with Crippen LogP contribution in [-0.4, -0.2) is 25.8 Å². The molecule has 27 heavy (non-hydrogen) atoms. The lowest BCUT2D eigenvalue weighted by Gasteiger charge is -2.00. The van der Waals surface area contributed by atoms with Gasteiger partial charge in [0, 0.05) is 36.2 Å². The minimum Gasteiger partial charge on any atom is -0.387 e. The minimum absolute atomic E-state index is 0. The lowest BCUT2D eigenvalue weighted by molar-refractivity contribution is 0.766. The van der Waals surface area contributed by atoms with Gasteiger partial charge in [0.15, 0.2) is 0 Å². The predicted molar refractivity (Wildman–Crippen MR) is 117 cm³/mol. The van der Waals surface area contributed by atoms with E-state index in [0.717, 1.165) is 16.3 Å². The third-order valence-corrected chi connectivity index (χ3v) is 3.46. The van der Waals surface area contributed by atoms with E-state index in [9.17, 15) is 4.79 Å². The summed E-state index contributed by atoms with van der Waals surface area (Å²) in [7, 11) is 0. The van der Waals surface area contributed by atoms with E-state index < -0.39 is 0 Å².